The molecule has 19 heavy (non-hydrogen) atoms. The highest BCUT2D eigenvalue weighted by molar-refractivity contribution is 5.88. The van der Waals surface area contributed by atoms with E-state index in [1.807, 2.05) is 6.92 Å². The van der Waals surface area contributed by atoms with Crippen LogP contribution in [0.15, 0.2) is 24.3 Å². The molecule has 1 unspecified atom stereocenters. The van der Waals surface area contributed by atoms with Crippen molar-refractivity contribution in [1.29, 1.82) is 0 Å². The van der Waals surface area contributed by atoms with E-state index >= 15 is 0 Å². The molecule has 1 rings (SSSR count). The molecule has 6 heteroatoms. The van der Waals surface area contributed by atoms with Gasteiger partial charge in [0.05, 0.1) is 12.2 Å². The minimum atomic E-state index is -1.04. The maximum absolute atomic E-state index is 11.5. The monoisotopic (exact) mass is 267 g/mol. The number of carboxylic acid groups (broad SMARTS) is 1. The van der Waals surface area contributed by atoms with Crippen molar-refractivity contribution >= 4 is 11.9 Å². The van der Waals surface area contributed by atoms with Gasteiger partial charge in [-0.15, -0.1) is 0 Å². The van der Waals surface area contributed by atoms with Gasteiger partial charge in [0.25, 0.3) is 5.91 Å². The Bertz CT molecular complexity index is 446. The third-order valence-corrected chi connectivity index (χ3v) is 2.27. The number of hydrogen-bond donors (Lipinski definition) is 2. The van der Waals surface area contributed by atoms with E-state index in [0.717, 1.165) is 0 Å². The molecular formula is C13H17NO5. The Balaban J connectivity index is 2.46. The quantitative estimate of drug-likeness (QED) is 0.767. The fourth-order valence-corrected chi connectivity index (χ4v) is 1.48. The van der Waals surface area contributed by atoms with Crippen LogP contribution in [0, 0.1) is 0 Å². The van der Waals surface area contributed by atoms with E-state index in [1.165, 1.54) is 12.1 Å². The maximum atomic E-state index is 11.5. The molecule has 0 spiro atoms. The predicted octanol–water partition coefficient (Wildman–Crippen LogP) is 0.915. The van der Waals surface area contributed by atoms with Gasteiger partial charge in [0.1, 0.15) is 5.75 Å². The van der Waals surface area contributed by atoms with Crippen molar-refractivity contribution in [2.24, 2.45) is 0 Å². The van der Waals surface area contributed by atoms with E-state index in [0.29, 0.717) is 12.4 Å². The third-order valence-electron chi connectivity index (χ3n) is 2.27. The van der Waals surface area contributed by atoms with Gasteiger partial charge in [-0.25, -0.2) is 4.79 Å². The summed E-state index contributed by atoms with van der Waals surface area (Å²) in [4.78, 5) is 22.3. The van der Waals surface area contributed by atoms with Gasteiger partial charge in [-0.3, -0.25) is 4.79 Å². The smallest absolute Gasteiger partial charge is 0.335 e. The lowest BCUT2D eigenvalue weighted by Gasteiger charge is -2.13. The molecule has 0 aliphatic rings. The molecule has 1 aromatic rings. The minimum absolute atomic E-state index is 0.105. The molecular weight excluding hydrogens is 250 g/mol. The molecule has 0 saturated heterocycles. The van der Waals surface area contributed by atoms with Crippen LogP contribution in [0.3, 0.4) is 0 Å². The van der Waals surface area contributed by atoms with Crippen LogP contribution in [0.25, 0.3) is 0 Å². The van der Waals surface area contributed by atoms with Crippen LogP contribution in [-0.4, -0.2) is 43.3 Å². The molecule has 1 atom stereocenters. The van der Waals surface area contributed by atoms with Crippen molar-refractivity contribution in [2.45, 2.75) is 13.0 Å². The lowest BCUT2D eigenvalue weighted by atomic mass is 10.2. The summed E-state index contributed by atoms with van der Waals surface area (Å²) in [6, 6.07) is 5.87. The number of amides is 1. The van der Waals surface area contributed by atoms with Crippen molar-refractivity contribution in [1.82, 2.24) is 5.32 Å². The fraction of sp³-hybridized carbons (Fsp3) is 0.385. The van der Waals surface area contributed by atoms with Gasteiger partial charge >= 0.3 is 5.97 Å². The molecule has 0 fully saturated rings. The summed E-state index contributed by atoms with van der Waals surface area (Å²) in [5.74, 6) is -0.983. The van der Waals surface area contributed by atoms with Crippen LogP contribution < -0.4 is 10.1 Å². The summed E-state index contributed by atoms with van der Waals surface area (Å²) in [7, 11) is 1.55. The standard InChI is InChI=1S/C13H17NO5/c1-9(7-18-2)14-12(15)8-19-11-5-3-4-10(6-11)13(16)17/h3-6,9H,7-8H2,1-2H3,(H,14,15)(H,16,17). The highest BCUT2D eigenvalue weighted by Gasteiger charge is 2.09. The van der Waals surface area contributed by atoms with E-state index in [4.69, 9.17) is 14.6 Å². The van der Waals surface area contributed by atoms with Crippen molar-refractivity contribution in [3.8, 4) is 5.75 Å². The molecule has 0 aliphatic heterocycles. The third kappa shape index (κ3) is 5.39. The summed E-state index contributed by atoms with van der Waals surface area (Å²) < 4.78 is 10.1. The number of benzene rings is 1. The van der Waals surface area contributed by atoms with Gasteiger partial charge in [0.15, 0.2) is 6.61 Å². The highest BCUT2D eigenvalue weighted by atomic mass is 16.5. The molecule has 6 nitrogen and oxygen atoms in total. The van der Waals surface area contributed by atoms with Crippen LogP contribution in [0.1, 0.15) is 17.3 Å². The molecule has 2 N–H and O–H groups in total. The summed E-state index contributed by atoms with van der Waals surface area (Å²) in [5.41, 5.74) is 0.116. The molecule has 104 valence electrons. The first-order valence-corrected chi connectivity index (χ1v) is 5.77. The average molecular weight is 267 g/mol. The molecule has 0 bridgehead atoms. The predicted molar refractivity (Wildman–Crippen MR) is 68.4 cm³/mol. The van der Waals surface area contributed by atoms with E-state index in [2.05, 4.69) is 5.32 Å². The summed E-state index contributed by atoms with van der Waals surface area (Å²) in [5, 5.41) is 11.5. The Morgan fingerprint density at radius 3 is 2.79 bits per heavy atom. The van der Waals surface area contributed by atoms with Gasteiger partial charge < -0.3 is 19.9 Å². The summed E-state index contributed by atoms with van der Waals surface area (Å²) >= 11 is 0. The fourth-order valence-electron chi connectivity index (χ4n) is 1.48. The van der Waals surface area contributed by atoms with Crippen molar-refractivity contribution in [3.63, 3.8) is 0 Å². The van der Waals surface area contributed by atoms with Gasteiger partial charge in [-0.2, -0.15) is 0 Å². The zero-order chi connectivity index (χ0) is 14.3. The second-order valence-corrected chi connectivity index (χ2v) is 4.05. The summed E-state index contributed by atoms with van der Waals surface area (Å²) in [6.07, 6.45) is 0. The number of methoxy groups -OCH3 is 1. The molecule has 0 heterocycles. The van der Waals surface area contributed by atoms with Crippen molar-refractivity contribution in [3.05, 3.63) is 29.8 Å². The van der Waals surface area contributed by atoms with E-state index in [9.17, 15) is 9.59 Å². The van der Waals surface area contributed by atoms with Gasteiger partial charge in [-0.05, 0) is 25.1 Å². The van der Waals surface area contributed by atoms with Crippen LogP contribution in [0.5, 0.6) is 5.75 Å². The molecule has 1 aromatic carbocycles. The van der Waals surface area contributed by atoms with Crippen LogP contribution in [0.4, 0.5) is 0 Å². The Kier molecular flexibility index (Phi) is 5.81. The number of rotatable bonds is 7. The van der Waals surface area contributed by atoms with Crippen LogP contribution in [0.2, 0.25) is 0 Å². The number of nitrogens with one attached hydrogen (secondary N) is 1. The molecule has 0 radical (unpaired) electrons. The minimum Gasteiger partial charge on any atom is -0.484 e. The zero-order valence-corrected chi connectivity index (χ0v) is 10.9. The maximum Gasteiger partial charge on any atom is 0.335 e. The van der Waals surface area contributed by atoms with Gasteiger partial charge in [-0.1, -0.05) is 6.07 Å². The van der Waals surface area contributed by atoms with Crippen LogP contribution >= 0.6 is 0 Å². The highest BCUT2D eigenvalue weighted by Crippen LogP contribution is 2.13. The number of carbonyl (C=O) groups is 2. The lowest BCUT2D eigenvalue weighted by Crippen LogP contribution is -2.38. The second kappa shape index (κ2) is 7.38. The lowest BCUT2D eigenvalue weighted by molar-refractivity contribution is -0.124. The second-order valence-electron chi connectivity index (χ2n) is 4.05. The Labute approximate surface area is 111 Å². The normalized spacial score (nSPS) is 11.7. The molecule has 0 saturated carbocycles. The van der Waals surface area contributed by atoms with E-state index in [1.54, 1.807) is 19.2 Å². The van der Waals surface area contributed by atoms with Crippen molar-refractivity contribution in [2.75, 3.05) is 20.3 Å². The average Bonchev–Trinajstić information content (AvgIpc) is 2.37. The van der Waals surface area contributed by atoms with E-state index < -0.39 is 5.97 Å². The number of hydrogen-bond acceptors (Lipinski definition) is 4. The van der Waals surface area contributed by atoms with E-state index in [-0.39, 0.29) is 24.1 Å². The number of carboxylic acids is 1. The largest absolute Gasteiger partial charge is 0.484 e. The number of aromatic carboxylic acids is 1. The van der Waals surface area contributed by atoms with Gasteiger partial charge in [0.2, 0.25) is 0 Å². The topological polar surface area (TPSA) is 84.9 Å². The summed E-state index contributed by atoms with van der Waals surface area (Å²) in [6.45, 7) is 2.06. The first-order valence-electron chi connectivity index (χ1n) is 5.77. The molecule has 0 aliphatic carbocycles. The Morgan fingerprint density at radius 1 is 1.42 bits per heavy atom. The number of carbonyl (C=O) groups excluding carboxylic acids is 1. The first kappa shape index (κ1) is 15.0. The van der Waals surface area contributed by atoms with Gasteiger partial charge in [0, 0.05) is 13.2 Å². The van der Waals surface area contributed by atoms with Crippen LogP contribution in [-0.2, 0) is 9.53 Å². The molecule has 0 aromatic heterocycles. The number of ether oxygens (including phenoxy) is 2. The SMILES string of the molecule is COCC(C)NC(=O)COc1cccc(C(=O)O)c1. The first-order chi connectivity index (χ1) is 9.02. The van der Waals surface area contributed by atoms with Crippen molar-refractivity contribution < 1.29 is 24.2 Å². The zero-order valence-electron chi connectivity index (χ0n) is 10.9. The molecule has 1 amide bonds. The Hall–Kier alpha value is -2.08. The Morgan fingerprint density at radius 2 is 2.16 bits per heavy atom.